The van der Waals surface area contributed by atoms with Crippen molar-refractivity contribution < 1.29 is 6.17 Å². The molecule has 0 aromatic carbocycles. The van der Waals surface area contributed by atoms with Gasteiger partial charge < -0.3 is 4.79 Å². The molecule has 40 valence electrons. The highest BCUT2D eigenvalue weighted by molar-refractivity contribution is 5.75. The average Bonchev–Trinajstić information content (AvgIpc) is 2.50. The highest BCUT2D eigenvalue weighted by Gasteiger charge is 2.22. The van der Waals surface area contributed by atoms with Crippen molar-refractivity contribution >= 4 is 5.78 Å². The van der Waals surface area contributed by atoms with Gasteiger partial charge in [-0.3, -0.25) is 0 Å². The summed E-state index contributed by atoms with van der Waals surface area (Å²) in [6, 6.07) is 0. The van der Waals surface area contributed by atoms with Crippen LogP contribution in [-0.4, -0.2) is 5.78 Å². The normalized spacial score (nSPS) is 21.4. The number of carbonyl (C=O) groups is 1. The minimum Gasteiger partial charge on any atom is -0.300 e. The molecule has 0 heterocycles. The van der Waals surface area contributed by atoms with Crippen LogP contribution in [0.25, 0.3) is 0 Å². The lowest BCUT2D eigenvalue weighted by Crippen LogP contribution is -1.88. The second-order valence-electron chi connectivity index (χ2n) is 2.19. The van der Waals surface area contributed by atoms with E-state index in [1.54, 1.807) is 0 Å². The van der Waals surface area contributed by atoms with Gasteiger partial charge in [-0.05, 0) is 25.7 Å². The molecular formula is C6H10O. The minimum atomic E-state index is -0.0174. The second-order valence-corrected chi connectivity index (χ2v) is 2.19. The zero-order valence-corrected chi connectivity index (χ0v) is 4.31. The van der Waals surface area contributed by atoms with E-state index in [0.717, 1.165) is 0 Å². The quantitative estimate of drug-likeness (QED) is 0.512. The second kappa shape index (κ2) is 1.65. The first-order chi connectivity index (χ1) is 3.83. The van der Waals surface area contributed by atoms with E-state index in [2.05, 4.69) is 0 Å². The van der Waals surface area contributed by atoms with Gasteiger partial charge in [0.2, 0.25) is 0 Å². The molecule has 0 atom stereocenters. The summed E-state index contributed by atoms with van der Waals surface area (Å²) in [6.45, 7) is -0.0174. The summed E-state index contributed by atoms with van der Waals surface area (Å²) in [7, 11) is 0. The van der Waals surface area contributed by atoms with Gasteiger partial charge in [-0.25, -0.2) is 0 Å². The Hall–Kier alpha value is -0.330. The molecule has 1 rings (SSSR count). The van der Waals surface area contributed by atoms with E-state index in [4.69, 9.17) is 1.37 Å². The van der Waals surface area contributed by atoms with Crippen LogP contribution in [-0.2, 0) is 4.79 Å². The van der Waals surface area contributed by atoms with E-state index in [-0.39, 0.29) is 12.7 Å². The fourth-order valence-corrected chi connectivity index (χ4v) is 0.644. The molecule has 0 saturated heterocycles. The molecule has 0 unspecified atom stereocenters. The van der Waals surface area contributed by atoms with Crippen LogP contribution in [0.4, 0.5) is 0 Å². The Balaban J connectivity index is 2.07. The van der Waals surface area contributed by atoms with Crippen molar-refractivity contribution in [2.45, 2.75) is 26.2 Å². The average molecular weight is 100 g/mol. The zero-order valence-electron chi connectivity index (χ0n) is 5.31. The van der Waals surface area contributed by atoms with E-state index < -0.39 is 0 Å². The Morgan fingerprint density at radius 2 is 2.71 bits per heavy atom. The van der Waals surface area contributed by atoms with E-state index in [0.29, 0.717) is 12.3 Å². The van der Waals surface area contributed by atoms with Crippen LogP contribution in [0, 0.1) is 5.92 Å². The van der Waals surface area contributed by atoms with Gasteiger partial charge in [-0.1, -0.05) is 0 Å². The minimum absolute atomic E-state index is 0.0174. The molecule has 0 aliphatic heterocycles. The largest absolute Gasteiger partial charge is 0.300 e. The smallest absolute Gasteiger partial charge is 0.130 e. The molecule has 0 spiro atoms. The monoisotopic (exact) mass is 100 g/mol. The predicted octanol–water partition coefficient (Wildman–Crippen LogP) is 1.38. The highest BCUT2D eigenvalue weighted by Crippen LogP contribution is 2.32. The third-order valence-electron chi connectivity index (χ3n) is 1.21. The van der Waals surface area contributed by atoms with E-state index >= 15 is 0 Å². The lowest BCUT2D eigenvalue weighted by atomic mass is 10.2. The highest BCUT2D eigenvalue weighted by atomic mass is 16.1. The van der Waals surface area contributed by atoms with Gasteiger partial charge in [-0.15, -0.1) is 0 Å². The molecular weight excluding hydrogens is 88.1 g/mol. The van der Waals surface area contributed by atoms with Crippen LogP contribution in [0.3, 0.4) is 0 Å². The third kappa shape index (κ3) is 1.72. The molecule has 1 nitrogen and oxygen atoms in total. The van der Waals surface area contributed by atoms with Gasteiger partial charge in [0, 0.05) is 7.79 Å². The molecule has 1 aliphatic carbocycles. The Bertz CT molecular complexity index is 96.7. The maximum atomic E-state index is 10.5. The van der Waals surface area contributed by atoms with Crippen molar-refractivity contribution in [3.05, 3.63) is 0 Å². The Labute approximate surface area is 45.1 Å². The number of Topliss-reactive ketones (excluding diaryl/α,β-unsaturated/α-hetero) is 1. The third-order valence-corrected chi connectivity index (χ3v) is 1.21. The molecule has 7 heavy (non-hydrogen) atoms. The SMILES string of the molecule is [3H]CC(=O)CC1CC1. The zero-order chi connectivity index (χ0) is 5.98. The van der Waals surface area contributed by atoms with Crippen molar-refractivity contribution in [3.8, 4) is 0 Å². The lowest BCUT2D eigenvalue weighted by Gasteiger charge is -1.83. The predicted molar refractivity (Wildman–Crippen MR) is 28.0 cm³/mol. The van der Waals surface area contributed by atoms with Gasteiger partial charge in [0.05, 0.1) is 0 Å². The molecule has 0 radical (unpaired) electrons. The Kier molecular flexibility index (Phi) is 0.857. The van der Waals surface area contributed by atoms with Crippen molar-refractivity contribution in [2.24, 2.45) is 5.92 Å². The number of hydrogen-bond acceptors (Lipinski definition) is 1. The molecule has 1 heteroatoms. The standard InChI is InChI=1S/C6H10O/c1-5(7)4-6-2-3-6/h6H,2-4H2,1H3/i1T. The summed E-state index contributed by atoms with van der Waals surface area (Å²) < 4.78 is 6.68. The number of carbonyl (C=O) groups excluding carboxylic acids is 1. The van der Waals surface area contributed by atoms with Crippen LogP contribution < -0.4 is 0 Å². The van der Waals surface area contributed by atoms with E-state index in [1.807, 2.05) is 0 Å². The van der Waals surface area contributed by atoms with Gasteiger partial charge in [0.1, 0.15) is 5.78 Å². The topological polar surface area (TPSA) is 17.1 Å². The molecule has 1 saturated carbocycles. The maximum Gasteiger partial charge on any atom is 0.130 e. The summed E-state index contributed by atoms with van der Waals surface area (Å²) in [6.07, 6.45) is 3.10. The van der Waals surface area contributed by atoms with Crippen LogP contribution in [0.1, 0.15) is 27.5 Å². The molecule has 0 aromatic heterocycles. The molecule has 0 bridgehead atoms. The number of ketones is 1. The van der Waals surface area contributed by atoms with Crippen molar-refractivity contribution in [1.29, 1.82) is 0 Å². The van der Waals surface area contributed by atoms with Gasteiger partial charge in [-0.2, -0.15) is 0 Å². The van der Waals surface area contributed by atoms with Crippen LogP contribution >= 0.6 is 0 Å². The Morgan fingerprint density at radius 1 is 2.00 bits per heavy atom. The van der Waals surface area contributed by atoms with Gasteiger partial charge >= 0.3 is 0 Å². The summed E-state index contributed by atoms with van der Waals surface area (Å²) in [5, 5.41) is 0. The number of hydrogen-bond donors (Lipinski definition) is 0. The first-order valence-electron chi connectivity index (χ1n) is 3.34. The van der Waals surface area contributed by atoms with Crippen molar-refractivity contribution in [1.82, 2.24) is 0 Å². The fourth-order valence-electron chi connectivity index (χ4n) is 0.644. The van der Waals surface area contributed by atoms with Crippen molar-refractivity contribution in [3.63, 3.8) is 0 Å². The van der Waals surface area contributed by atoms with Gasteiger partial charge in [0.25, 0.3) is 0 Å². The van der Waals surface area contributed by atoms with Crippen LogP contribution in [0.15, 0.2) is 0 Å². The molecule has 1 fully saturated rings. The van der Waals surface area contributed by atoms with Crippen LogP contribution in [0.2, 0.25) is 0 Å². The van der Waals surface area contributed by atoms with E-state index in [1.165, 1.54) is 12.8 Å². The fraction of sp³-hybridized carbons (Fsp3) is 0.833. The molecule has 0 N–H and O–H groups in total. The molecule has 1 aliphatic rings. The molecule has 0 aromatic rings. The molecule has 0 amide bonds. The lowest BCUT2D eigenvalue weighted by molar-refractivity contribution is -0.117. The summed E-state index contributed by atoms with van der Waals surface area (Å²) in [5.74, 6) is 0.764. The summed E-state index contributed by atoms with van der Waals surface area (Å²) >= 11 is 0. The first-order valence-corrected chi connectivity index (χ1v) is 2.64. The van der Waals surface area contributed by atoms with Crippen molar-refractivity contribution in [2.75, 3.05) is 0 Å². The van der Waals surface area contributed by atoms with Crippen LogP contribution in [0.5, 0.6) is 0 Å². The van der Waals surface area contributed by atoms with E-state index in [9.17, 15) is 4.79 Å². The van der Waals surface area contributed by atoms with Gasteiger partial charge in [0.15, 0.2) is 0 Å². The first kappa shape index (κ1) is 3.65. The number of rotatable bonds is 2. The Morgan fingerprint density at radius 3 is 3.14 bits per heavy atom. The summed E-state index contributed by atoms with van der Waals surface area (Å²) in [4.78, 5) is 10.5. The summed E-state index contributed by atoms with van der Waals surface area (Å²) in [5.41, 5.74) is 0. The maximum absolute atomic E-state index is 10.5.